The first-order chi connectivity index (χ1) is 17.1. The van der Waals surface area contributed by atoms with Gasteiger partial charge in [0.25, 0.3) is 0 Å². The van der Waals surface area contributed by atoms with E-state index in [9.17, 15) is 4.79 Å². The van der Waals surface area contributed by atoms with Crippen molar-refractivity contribution in [1.82, 2.24) is 15.2 Å². The number of thioether (sulfide) groups is 1. The highest BCUT2D eigenvalue weighted by Crippen LogP contribution is 2.32. The number of aromatic nitrogens is 3. The van der Waals surface area contributed by atoms with E-state index in [0.29, 0.717) is 39.4 Å². The van der Waals surface area contributed by atoms with Gasteiger partial charge in [-0.1, -0.05) is 29.4 Å². The Morgan fingerprint density at radius 1 is 0.886 bits per heavy atom. The molecule has 0 aliphatic heterocycles. The molecule has 0 atom stereocenters. The molecule has 3 aromatic carbocycles. The van der Waals surface area contributed by atoms with Gasteiger partial charge in [-0.05, 0) is 66.7 Å². The maximum Gasteiger partial charge on any atom is 0.225 e. The topological polar surface area (TPSA) is 86.2 Å². The summed E-state index contributed by atoms with van der Waals surface area (Å²) >= 11 is 7.35. The standard InChI is InChI=1S/C26H23ClN4O3S/c1-33-21-10-6-17(7-11-21)24-25(18-8-12-22(34-2)13-9-18)30-31-26(29-24)35-15-14-23(32)28-20-5-3-4-19(27)16-20/h3-13,16H,14-15H2,1-2H3,(H,28,32). The minimum atomic E-state index is -0.113. The van der Waals surface area contributed by atoms with Gasteiger partial charge >= 0.3 is 0 Å². The fourth-order valence-electron chi connectivity index (χ4n) is 3.29. The van der Waals surface area contributed by atoms with E-state index >= 15 is 0 Å². The number of ether oxygens (including phenoxy) is 2. The number of carbonyl (C=O) groups excluding carboxylic acids is 1. The molecule has 9 heteroatoms. The van der Waals surface area contributed by atoms with Gasteiger partial charge < -0.3 is 14.8 Å². The lowest BCUT2D eigenvalue weighted by Gasteiger charge is -2.11. The molecule has 1 N–H and O–H groups in total. The highest BCUT2D eigenvalue weighted by Gasteiger charge is 2.15. The van der Waals surface area contributed by atoms with Crippen LogP contribution in [0, 0.1) is 0 Å². The summed E-state index contributed by atoms with van der Waals surface area (Å²) < 4.78 is 10.5. The number of anilines is 1. The Morgan fingerprint density at radius 2 is 1.51 bits per heavy atom. The molecule has 1 heterocycles. The molecule has 0 spiro atoms. The lowest BCUT2D eigenvalue weighted by molar-refractivity contribution is -0.115. The van der Waals surface area contributed by atoms with Gasteiger partial charge in [0.15, 0.2) is 0 Å². The first-order valence-corrected chi connectivity index (χ1v) is 12.1. The van der Waals surface area contributed by atoms with Gasteiger partial charge in [-0.15, -0.1) is 10.2 Å². The number of amides is 1. The third kappa shape index (κ3) is 6.49. The van der Waals surface area contributed by atoms with E-state index < -0.39 is 0 Å². The quantitative estimate of drug-likeness (QED) is 0.279. The van der Waals surface area contributed by atoms with Crippen LogP contribution >= 0.6 is 23.4 Å². The minimum absolute atomic E-state index is 0.113. The molecule has 4 rings (SSSR count). The van der Waals surface area contributed by atoms with Crippen LogP contribution in [0.25, 0.3) is 22.5 Å². The van der Waals surface area contributed by atoms with Crippen molar-refractivity contribution >= 4 is 35.0 Å². The van der Waals surface area contributed by atoms with Crippen LogP contribution in [0.4, 0.5) is 5.69 Å². The molecule has 178 valence electrons. The van der Waals surface area contributed by atoms with Crippen molar-refractivity contribution in [3.8, 4) is 34.0 Å². The molecule has 1 aromatic heterocycles. The van der Waals surface area contributed by atoms with Gasteiger partial charge in [0.05, 0.1) is 14.2 Å². The lowest BCUT2D eigenvalue weighted by Crippen LogP contribution is -2.12. The Labute approximate surface area is 212 Å². The van der Waals surface area contributed by atoms with Gasteiger partial charge in [-0.2, -0.15) is 0 Å². The van der Waals surface area contributed by atoms with E-state index in [0.717, 1.165) is 22.6 Å². The molecule has 0 saturated heterocycles. The highest BCUT2D eigenvalue weighted by molar-refractivity contribution is 7.99. The van der Waals surface area contributed by atoms with E-state index in [1.54, 1.807) is 38.5 Å². The average molecular weight is 507 g/mol. The van der Waals surface area contributed by atoms with Gasteiger partial charge in [-0.25, -0.2) is 4.98 Å². The molecule has 0 bridgehead atoms. The van der Waals surface area contributed by atoms with E-state index in [1.165, 1.54) is 11.8 Å². The number of rotatable bonds is 9. The van der Waals surface area contributed by atoms with Crippen LogP contribution in [-0.4, -0.2) is 41.1 Å². The maximum atomic E-state index is 12.3. The number of methoxy groups -OCH3 is 2. The molecule has 0 unspecified atom stereocenters. The number of carbonyl (C=O) groups is 1. The van der Waals surface area contributed by atoms with E-state index in [2.05, 4.69) is 15.5 Å². The Hall–Kier alpha value is -3.62. The summed E-state index contributed by atoms with van der Waals surface area (Å²) in [6.07, 6.45) is 0.290. The van der Waals surface area contributed by atoms with E-state index in [4.69, 9.17) is 26.1 Å². The molecule has 0 radical (unpaired) electrons. The Morgan fingerprint density at radius 3 is 2.11 bits per heavy atom. The molecule has 0 saturated carbocycles. The summed E-state index contributed by atoms with van der Waals surface area (Å²) in [6, 6.07) is 22.3. The SMILES string of the molecule is COc1ccc(-c2nnc(SCCC(=O)Nc3cccc(Cl)c3)nc2-c2ccc(OC)cc2)cc1. The predicted octanol–water partition coefficient (Wildman–Crippen LogP) is 6.00. The zero-order valence-corrected chi connectivity index (χ0v) is 20.8. The van der Waals surface area contributed by atoms with E-state index in [-0.39, 0.29) is 5.91 Å². The van der Waals surface area contributed by atoms with Gasteiger partial charge in [0.2, 0.25) is 11.1 Å². The molecular weight excluding hydrogens is 484 g/mol. The molecule has 0 aliphatic rings. The van der Waals surface area contributed by atoms with Crippen molar-refractivity contribution in [1.29, 1.82) is 0 Å². The first-order valence-electron chi connectivity index (χ1n) is 10.8. The van der Waals surface area contributed by atoms with Crippen molar-refractivity contribution in [2.24, 2.45) is 0 Å². The molecule has 4 aromatic rings. The molecule has 7 nitrogen and oxygen atoms in total. The van der Waals surface area contributed by atoms with Crippen molar-refractivity contribution in [3.05, 3.63) is 77.8 Å². The van der Waals surface area contributed by atoms with Crippen LogP contribution in [0.2, 0.25) is 5.02 Å². The summed E-state index contributed by atoms with van der Waals surface area (Å²) in [7, 11) is 3.25. The fraction of sp³-hybridized carbons (Fsp3) is 0.154. The number of halogens is 1. The zero-order valence-electron chi connectivity index (χ0n) is 19.2. The lowest BCUT2D eigenvalue weighted by atomic mass is 10.0. The molecule has 1 amide bonds. The fourth-order valence-corrected chi connectivity index (χ4v) is 4.21. The van der Waals surface area contributed by atoms with Crippen LogP contribution in [0.3, 0.4) is 0 Å². The summed E-state index contributed by atoms with van der Waals surface area (Å²) in [5.41, 5.74) is 3.76. The Kier molecular flexibility index (Phi) is 8.18. The molecule has 0 aliphatic carbocycles. The average Bonchev–Trinajstić information content (AvgIpc) is 2.89. The summed E-state index contributed by atoms with van der Waals surface area (Å²) in [5, 5.41) is 12.7. The number of hydrogen-bond acceptors (Lipinski definition) is 7. The number of benzene rings is 3. The summed E-state index contributed by atoms with van der Waals surface area (Å²) in [5.74, 6) is 1.89. The first kappa shape index (κ1) is 24.5. The van der Waals surface area contributed by atoms with Crippen molar-refractivity contribution < 1.29 is 14.3 Å². The normalized spacial score (nSPS) is 10.6. The van der Waals surface area contributed by atoms with Crippen LogP contribution in [-0.2, 0) is 4.79 Å². The molecule has 35 heavy (non-hydrogen) atoms. The van der Waals surface area contributed by atoms with E-state index in [1.807, 2.05) is 48.5 Å². The Bertz CT molecular complexity index is 1300. The van der Waals surface area contributed by atoms with Crippen LogP contribution in [0.15, 0.2) is 78.0 Å². The highest BCUT2D eigenvalue weighted by atomic mass is 35.5. The van der Waals surface area contributed by atoms with Gasteiger partial charge in [0, 0.05) is 34.0 Å². The Balaban J connectivity index is 1.52. The monoisotopic (exact) mass is 506 g/mol. The maximum absolute atomic E-state index is 12.3. The summed E-state index contributed by atoms with van der Waals surface area (Å²) in [4.78, 5) is 17.1. The van der Waals surface area contributed by atoms with Gasteiger partial charge in [-0.3, -0.25) is 4.79 Å². The predicted molar refractivity (Wildman–Crippen MR) is 139 cm³/mol. The number of nitrogens with zero attached hydrogens (tertiary/aromatic N) is 3. The smallest absolute Gasteiger partial charge is 0.225 e. The second kappa shape index (κ2) is 11.7. The minimum Gasteiger partial charge on any atom is -0.497 e. The molecular formula is C26H23ClN4O3S. The second-order valence-electron chi connectivity index (χ2n) is 7.41. The van der Waals surface area contributed by atoms with Gasteiger partial charge in [0.1, 0.15) is 22.9 Å². The number of nitrogens with one attached hydrogen (secondary N) is 1. The van der Waals surface area contributed by atoms with Crippen LogP contribution in [0.1, 0.15) is 6.42 Å². The zero-order chi connectivity index (χ0) is 24.6. The molecule has 0 fully saturated rings. The van der Waals surface area contributed by atoms with Crippen molar-refractivity contribution in [3.63, 3.8) is 0 Å². The second-order valence-corrected chi connectivity index (χ2v) is 8.90. The largest absolute Gasteiger partial charge is 0.497 e. The van der Waals surface area contributed by atoms with Crippen molar-refractivity contribution in [2.45, 2.75) is 11.6 Å². The number of hydrogen-bond donors (Lipinski definition) is 1. The summed E-state index contributed by atoms with van der Waals surface area (Å²) in [6.45, 7) is 0. The third-order valence-electron chi connectivity index (χ3n) is 5.06. The third-order valence-corrected chi connectivity index (χ3v) is 6.14. The van der Waals surface area contributed by atoms with Crippen LogP contribution < -0.4 is 14.8 Å². The van der Waals surface area contributed by atoms with Crippen molar-refractivity contribution in [2.75, 3.05) is 25.3 Å². The van der Waals surface area contributed by atoms with Crippen LogP contribution in [0.5, 0.6) is 11.5 Å².